The highest BCUT2D eigenvalue weighted by molar-refractivity contribution is 5.98. The summed E-state index contributed by atoms with van der Waals surface area (Å²) in [6.45, 7) is 3.38. The average Bonchev–Trinajstić information content (AvgIpc) is 2.67. The quantitative estimate of drug-likeness (QED) is 0.412. The fraction of sp³-hybridized carbons (Fsp3) is 0.333. The van der Waals surface area contributed by atoms with E-state index in [-0.39, 0.29) is 28.8 Å². The molecule has 0 saturated heterocycles. The normalized spacial score (nSPS) is 12.6. The van der Waals surface area contributed by atoms with Gasteiger partial charge in [0.15, 0.2) is 17.5 Å². The third-order valence-electron chi connectivity index (χ3n) is 4.22. The van der Waals surface area contributed by atoms with Crippen LogP contribution in [0.25, 0.3) is 0 Å². The number of ether oxygens (including phenoxy) is 1. The van der Waals surface area contributed by atoms with Crippen LogP contribution in [0.15, 0.2) is 18.3 Å². The van der Waals surface area contributed by atoms with E-state index in [1.807, 2.05) is 0 Å². The summed E-state index contributed by atoms with van der Waals surface area (Å²) in [6.07, 6.45) is 0.450. The molecular weight excluding hydrogens is 402 g/mol. The minimum Gasteiger partial charge on any atom is -0.479 e. The Morgan fingerprint density at radius 1 is 1.27 bits per heavy atom. The predicted molar refractivity (Wildman–Crippen MR) is 105 cm³/mol. The van der Waals surface area contributed by atoms with Crippen LogP contribution in [-0.2, 0) is 0 Å². The Hall–Kier alpha value is -3.70. The third kappa shape index (κ3) is 5.43. The molecule has 0 aliphatic rings. The average molecular weight is 424 g/mol. The third-order valence-corrected chi connectivity index (χ3v) is 4.22. The first kappa shape index (κ1) is 22.6. The van der Waals surface area contributed by atoms with Crippen LogP contribution in [0.2, 0.25) is 0 Å². The monoisotopic (exact) mass is 424 g/mol. The molecule has 0 aromatic carbocycles. The van der Waals surface area contributed by atoms with Crippen molar-refractivity contribution < 1.29 is 28.2 Å². The van der Waals surface area contributed by atoms with Crippen LogP contribution in [-0.4, -0.2) is 46.3 Å². The van der Waals surface area contributed by atoms with Gasteiger partial charge in [0, 0.05) is 18.2 Å². The van der Waals surface area contributed by atoms with Gasteiger partial charge in [-0.05, 0) is 19.4 Å². The van der Waals surface area contributed by atoms with E-state index in [2.05, 4.69) is 25.9 Å². The number of halogens is 2. The van der Waals surface area contributed by atoms with Gasteiger partial charge in [-0.25, -0.2) is 23.5 Å². The maximum atomic E-state index is 14.5. The number of nitrogens with two attached hydrogens (primary N) is 1. The highest BCUT2D eigenvalue weighted by Crippen LogP contribution is 2.26. The highest BCUT2D eigenvalue weighted by atomic mass is 19.1. The number of pyridine rings is 2. The maximum absolute atomic E-state index is 14.5. The number of methoxy groups -OCH3 is 1. The number of amides is 2. The molecule has 2 aromatic heterocycles. The van der Waals surface area contributed by atoms with Gasteiger partial charge < -0.3 is 31.5 Å². The molecule has 10 nitrogen and oxygen atoms in total. The zero-order chi connectivity index (χ0) is 22.4. The van der Waals surface area contributed by atoms with E-state index in [1.165, 1.54) is 13.3 Å². The number of nitrogens with zero attached hydrogens (tertiary/aromatic N) is 2. The van der Waals surface area contributed by atoms with Crippen molar-refractivity contribution in [1.82, 2.24) is 15.3 Å². The van der Waals surface area contributed by atoms with Gasteiger partial charge in [-0.2, -0.15) is 0 Å². The summed E-state index contributed by atoms with van der Waals surface area (Å²) < 4.78 is 33.2. The van der Waals surface area contributed by atoms with E-state index in [9.17, 15) is 18.4 Å². The van der Waals surface area contributed by atoms with Gasteiger partial charge >= 0.3 is 6.09 Å². The summed E-state index contributed by atoms with van der Waals surface area (Å²) in [6, 6.07) is 0.869. The maximum Gasteiger partial charge on any atom is 0.404 e. The fourth-order valence-electron chi connectivity index (χ4n) is 2.71. The second-order valence-electron chi connectivity index (χ2n) is 6.32. The molecule has 2 heterocycles. The molecular formula is C18H22F2N6O4. The number of anilines is 3. The highest BCUT2D eigenvalue weighted by Gasteiger charge is 2.22. The van der Waals surface area contributed by atoms with Gasteiger partial charge in [-0.1, -0.05) is 6.92 Å². The second kappa shape index (κ2) is 9.67. The molecule has 0 saturated carbocycles. The van der Waals surface area contributed by atoms with Gasteiger partial charge in [0.1, 0.15) is 5.82 Å². The lowest BCUT2D eigenvalue weighted by Crippen LogP contribution is -2.44. The van der Waals surface area contributed by atoms with Crippen molar-refractivity contribution in [1.29, 1.82) is 0 Å². The van der Waals surface area contributed by atoms with Crippen LogP contribution in [0.3, 0.4) is 0 Å². The van der Waals surface area contributed by atoms with E-state index in [4.69, 9.17) is 15.6 Å². The van der Waals surface area contributed by atoms with Gasteiger partial charge in [-0.3, -0.25) is 4.79 Å². The number of primary amides is 1. The van der Waals surface area contributed by atoms with E-state index < -0.39 is 35.7 Å². The van der Waals surface area contributed by atoms with Crippen molar-refractivity contribution in [2.75, 3.05) is 17.7 Å². The summed E-state index contributed by atoms with van der Waals surface area (Å²) in [7, 11) is 1.26. The Bertz CT molecular complexity index is 943. The largest absolute Gasteiger partial charge is 0.479 e. The summed E-state index contributed by atoms with van der Waals surface area (Å²) in [4.78, 5) is 30.4. The topological polar surface area (TPSA) is 151 Å². The number of carboxylic acid groups (broad SMARTS) is 1. The minimum absolute atomic E-state index is 0.119. The minimum atomic E-state index is -1.23. The van der Waals surface area contributed by atoms with Crippen LogP contribution in [0.5, 0.6) is 5.88 Å². The molecule has 0 aliphatic carbocycles. The lowest BCUT2D eigenvalue weighted by Gasteiger charge is -2.25. The Balaban J connectivity index is 2.38. The number of rotatable bonds is 9. The first-order valence-corrected chi connectivity index (χ1v) is 8.89. The molecule has 2 amide bonds. The Morgan fingerprint density at radius 3 is 2.50 bits per heavy atom. The molecule has 6 N–H and O–H groups in total. The molecule has 2 aromatic rings. The van der Waals surface area contributed by atoms with E-state index in [0.717, 1.165) is 12.1 Å². The van der Waals surface area contributed by atoms with Crippen LogP contribution in [0.1, 0.15) is 30.6 Å². The molecule has 0 fully saturated rings. The van der Waals surface area contributed by atoms with E-state index >= 15 is 0 Å². The first-order valence-electron chi connectivity index (χ1n) is 8.89. The zero-order valence-electron chi connectivity index (χ0n) is 16.5. The predicted octanol–water partition coefficient (Wildman–Crippen LogP) is 2.45. The van der Waals surface area contributed by atoms with Crippen LogP contribution < -0.4 is 26.4 Å². The summed E-state index contributed by atoms with van der Waals surface area (Å²) >= 11 is 0. The number of hydrogen-bond acceptors (Lipinski definition) is 7. The lowest BCUT2D eigenvalue weighted by molar-refractivity contribution is 0.100. The SMILES string of the molecule is CC[C@@H](Nc1nc(Nc2cnc(OC)c(F)c2)c(C(N)=O)cc1F)[C@H](C)NC(=O)O. The van der Waals surface area contributed by atoms with Crippen molar-refractivity contribution >= 4 is 29.3 Å². The fourth-order valence-corrected chi connectivity index (χ4v) is 2.71. The molecule has 30 heavy (non-hydrogen) atoms. The lowest BCUT2D eigenvalue weighted by atomic mass is 10.1. The molecule has 0 aliphatic heterocycles. The number of carbonyl (C=O) groups is 2. The van der Waals surface area contributed by atoms with Gasteiger partial charge in [0.25, 0.3) is 5.91 Å². The number of carbonyl (C=O) groups excluding carboxylic acids is 1. The van der Waals surface area contributed by atoms with E-state index in [0.29, 0.717) is 6.42 Å². The van der Waals surface area contributed by atoms with Crippen molar-refractivity contribution in [3.63, 3.8) is 0 Å². The van der Waals surface area contributed by atoms with Crippen molar-refractivity contribution in [2.45, 2.75) is 32.4 Å². The molecule has 0 bridgehead atoms. The summed E-state index contributed by atoms with van der Waals surface area (Å²) in [5.41, 5.74) is 5.16. The number of hydrogen-bond donors (Lipinski definition) is 5. The molecule has 12 heteroatoms. The van der Waals surface area contributed by atoms with Crippen molar-refractivity contribution in [3.8, 4) is 5.88 Å². The van der Waals surface area contributed by atoms with Gasteiger partial charge in [-0.15, -0.1) is 0 Å². The Kier molecular flexibility index (Phi) is 7.28. The standard InChI is InChI=1S/C18H22F2N6O4/c1-4-13(8(2)23-18(28)29)25-16-11(19)6-10(14(21)27)15(26-16)24-9-5-12(20)17(30-3)22-7-9/h5-8,13,23H,4H2,1-3H3,(H2,21,27)(H,28,29)(H2,24,25,26)/t8-,13+/m0/s1. The zero-order valence-corrected chi connectivity index (χ0v) is 16.5. The summed E-state index contributed by atoms with van der Waals surface area (Å²) in [5, 5.41) is 16.7. The van der Waals surface area contributed by atoms with Crippen LogP contribution in [0, 0.1) is 11.6 Å². The second-order valence-corrected chi connectivity index (χ2v) is 6.32. The number of aromatic nitrogens is 2. The first-order chi connectivity index (χ1) is 14.2. The molecule has 0 radical (unpaired) electrons. The van der Waals surface area contributed by atoms with Crippen LogP contribution in [0.4, 0.5) is 30.9 Å². The van der Waals surface area contributed by atoms with Crippen molar-refractivity contribution in [3.05, 3.63) is 35.5 Å². The number of nitrogens with one attached hydrogen (secondary N) is 3. The van der Waals surface area contributed by atoms with Crippen molar-refractivity contribution in [2.24, 2.45) is 5.73 Å². The molecule has 0 unspecified atom stereocenters. The molecule has 162 valence electrons. The van der Waals surface area contributed by atoms with Gasteiger partial charge in [0.2, 0.25) is 5.88 Å². The molecule has 0 spiro atoms. The Labute approximate surface area is 170 Å². The van der Waals surface area contributed by atoms with Gasteiger partial charge in [0.05, 0.1) is 24.6 Å². The molecule has 2 rings (SSSR count). The van der Waals surface area contributed by atoms with E-state index in [1.54, 1.807) is 13.8 Å². The van der Waals surface area contributed by atoms with Crippen LogP contribution >= 0.6 is 0 Å². The smallest absolute Gasteiger partial charge is 0.404 e. The summed E-state index contributed by atoms with van der Waals surface area (Å²) in [5.74, 6) is -3.18. The Morgan fingerprint density at radius 2 is 1.97 bits per heavy atom. The molecule has 2 atom stereocenters.